The van der Waals surface area contributed by atoms with Gasteiger partial charge in [0.25, 0.3) is 0 Å². The minimum absolute atomic E-state index is 0.273. The van der Waals surface area contributed by atoms with E-state index in [4.69, 9.17) is 10.5 Å². The van der Waals surface area contributed by atoms with E-state index >= 15 is 0 Å². The van der Waals surface area contributed by atoms with Crippen LogP contribution in [0, 0.1) is 5.82 Å². The Morgan fingerprint density at radius 2 is 2.15 bits per heavy atom. The quantitative estimate of drug-likeness (QED) is 0.801. The number of ether oxygens (including phenoxy) is 1. The summed E-state index contributed by atoms with van der Waals surface area (Å²) in [5.41, 5.74) is 5.89. The van der Waals surface area contributed by atoms with Crippen molar-refractivity contribution in [3.05, 3.63) is 29.6 Å². The molecule has 1 amide bonds. The molecule has 0 radical (unpaired) electrons. The van der Waals surface area contributed by atoms with E-state index in [9.17, 15) is 9.18 Å². The van der Waals surface area contributed by atoms with Crippen LogP contribution in [-0.4, -0.2) is 23.1 Å². The van der Waals surface area contributed by atoms with Crippen molar-refractivity contribution in [2.45, 2.75) is 45.3 Å². The fraction of sp³-hybridized carbons (Fsp3) is 0.533. The van der Waals surface area contributed by atoms with Crippen molar-refractivity contribution in [3.8, 4) is 0 Å². The summed E-state index contributed by atoms with van der Waals surface area (Å²) in [5.74, 6) is -0.370. The lowest BCUT2D eigenvalue weighted by Gasteiger charge is -2.29. The number of carbonyl (C=O) groups is 1. The van der Waals surface area contributed by atoms with E-state index in [0.717, 1.165) is 12.8 Å². The maximum absolute atomic E-state index is 14.0. The van der Waals surface area contributed by atoms with Gasteiger partial charge < -0.3 is 15.4 Å². The zero-order chi connectivity index (χ0) is 14.9. The molecule has 1 aliphatic heterocycles. The van der Waals surface area contributed by atoms with Crippen LogP contribution in [0.3, 0.4) is 0 Å². The molecule has 1 aromatic carbocycles. The molecule has 1 saturated heterocycles. The van der Waals surface area contributed by atoms with Gasteiger partial charge in [-0.2, -0.15) is 0 Å². The Morgan fingerprint density at radius 1 is 1.45 bits per heavy atom. The van der Waals surface area contributed by atoms with Gasteiger partial charge >= 0.3 is 6.09 Å². The number of rotatable bonds is 1. The number of hydrogen-bond acceptors (Lipinski definition) is 3. The molecular formula is C15H21FN2O2. The lowest BCUT2D eigenvalue weighted by atomic mass is 10.0. The number of carbonyl (C=O) groups excluding carboxylic acids is 1. The molecule has 0 saturated carbocycles. The van der Waals surface area contributed by atoms with Gasteiger partial charge in [0, 0.05) is 17.8 Å². The summed E-state index contributed by atoms with van der Waals surface area (Å²) < 4.78 is 19.4. The van der Waals surface area contributed by atoms with Gasteiger partial charge in [-0.1, -0.05) is 6.07 Å². The van der Waals surface area contributed by atoms with Gasteiger partial charge in [-0.25, -0.2) is 9.18 Å². The molecule has 1 aliphatic rings. The minimum atomic E-state index is -0.552. The lowest BCUT2D eigenvalue weighted by molar-refractivity contribution is 0.0222. The van der Waals surface area contributed by atoms with E-state index in [-0.39, 0.29) is 11.9 Å². The van der Waals surface area contributed by atoms with Crippen molar-refractivity contribution in [1.29, 1.82) is 0 Å². The molecule has 1 atom stereocenters. The Bertz CT molecular complexity index is 511. The van der Waals surface area contributed by atoms with Gasteiger partial charge in [0.2, 0.25) is 0 Å². The fourth-order valence-corrected chi connectivity index (χ4v) is 2.44. The average Bonchev–Trinajstić information content (AvgIpc) is 2.75. The number of anilines is 1. The number of nitrogens with two attached hydrogens (primary N) is 1. The maximum Gasteiger partial charge on any atom is 0.410 e. The maximum atomic E-state index is 14.0. The Labute approximate surface area is 118 Å². The summed E-state index contributed by atoms with van der Waals surface area (Å²) in [4.78, 5) is 13.8. The summed E-state index contributed by atoms with van der Waals surface area (Å²) in [6, 6.07) is 4.33. The second-order valence-electron chi connectivity index (χ2n) is 6.11. The summed E-state index contributed by atoms with van der Waals surface area (Å²) in [5, 5.41) is 0. The van der Waals surface area contributed by atoms with E-state index < -0.39 is 11.7 Å². The topological polar surface area (TPSA) is 55.6 Å². The highest BCUT2D eigenvalue weighted by Gasteiger charge is 2.34. The normalized spacial score (nSPS) is 19.2. The highest BCUT2D eigenvalue weighted by atomic mass is 19.1. The van der Waals surface area contributed by atoms with Crippen LogP contribution in [0.4, 0.5) is 14.9 Å². The average molecular weight is 280 g/mol. The van der Waals surface area contributed by atoms with Crippen LogP contribution in [0.1, 0.15) is 45.2 Å². The van der Waals surface area contributed by atoms with Crippen LogP contribution in [0.2, 0.25) is 0 Å². The van der Waals surface area contributed by atoms with Crippen molar-refractivity contribution < 1.29 is 13.9 Å². The van der Waals surface area contributed by atoms with Crippen LogP contribution >= 0.6 is 0 Å². The number of nitrogen functional groups attached to an aromatic ring is 1. The van der Waals surface area contributed by atoms with Gasteiger partial charge in [-0.15, -0.1) is 0 Å². The third-order valence-electron chi connectivity index (χ3n) is 3.26. The molecule has 1 heterocycles. The van der Waals surface area contributed by atoms with Gasteiger partial charge in [0.05, 0.1) is 6.04 Å². The van der Waals surface area contributed by atoms with Crippen LogP contribution in [0.25, 0.3) is 0 Å². The Kier molecular flexibility index (Phi) is 3.88. The van der Waals surface area contributed by atoms with Crippen LogP contribution in [0.5, 0.6) is 0 Å². The number of benzene rings is 1. The molecule has 2 N–H and O–H groups in total. The first kappa shape index (κ1) is 14.6. The fourth-order valence-electron chi connectivity index (χ4n) is 2.44. The first-order valence-electron chi connectivity index (χ1n) is 6.82. The van der Waals surface area contributed by atoms with E-state index in [1.165, 1.54) is 6.07 Å². The van der Waals surface area contributed by atoms with E-state index in [1.54, 1.807) is 17.0 Å². The molecule has 1 aromatic rings. The monoisotopic (exact) mass is 280 g/mol. The second kappa shape index (κ2) is 5.31. The largest absolute Gasteiger partial charge is 0.444 e. The molecule has 5 heteroatoms. The predicted molar refractivity (Wildman–Crippen MR) is 75.7 cm³/mol. The molecule has 110 valence electrons. The molecule has 20 heavy (non-hydrogen) atoms. The molecule has 0 bridgehead atoms. The summed E-state index contributed by atoms with van der Waals surface area (Å²) in [6.45, 7) is 6.04. The molecule has 2 rings (SSSR count). The lowest BCUT2D eigenvalue weighted by Crippen LogP contribution is -2.36. The van der Waals surface area contributed by atoms with Crippen LogP contribution < -0.4 is 5.73 Å². The van der Waals surface area contributed by atoms with Crippen LogP contribution in [-0.2, 0) is 4.74 Å². The van der Waals surface area contributed by atoms with Gasteiger partial charge in [-0.05, 0) is 45.7 Å². The van der Waals surface area contributed by atoms with E-state index in [0.29, 0.717) is 17.8 Å². The molecule has 0 aliphatic carbocycles. The zero-order valence-electron chi connectivity index (χ0n) is 12.1. The number of halogens is 1. The van der Waals surface area contributed by atoms with Gasteiger partial charge in [0.15, 0.2) is 0 Å². The molecule has 0 spiro atoms. The number of hydrogen-bond donors (Lipinski definition) is 1. The highest BCUT2D eigenvalue weighted by molar-refractivity contribution is 5.69. The molecule has 4 nitrogen and oxygen atoms in total. The summed E-state index contributed by atoms with van der Waals surface area (Å²) in [6.07, 6.45) is 1.18. The first-order chi connectivity index (χ1) is 9.28. The molecule has 1 fully saturated rings. The Morgan fingerprint density at radius 3 is 2.75 bits per heavy atom. The van der Waals surface area contributed by atoms with Crippen molar-refractivity contribution in [2.24, 2.45) is 0 Å². The Hall–Kier alpha value is -1.78. The van der Waals surface area contributed by atoms with Crippen LogP contribution in [0.15, 0.2) is 18.2 Å². The van der Waals surface area contributed by atoms with Gasteiger partial charge in [-0.3, -0.25) is 0 Å². The zero-order valence-corrected chi connectivity index (χ0v) is 12.1. The minimum Gasteiger partial charge on any atom is -0.444 e. The SMILES string of the molecule is CC(C)(C)OC(=O)N1CCC[C@@H]1c1ccc(N)cc1F. The smallest absolute Gasteiger partial charge is 0.410 e. The molecular weight excluding hydrogens is 259 g/mol. The third kappa shape index (κ3) is 3.21. The van der Waals surface area contributed by atoms with E-state index in [1.807, 2.05) is 20.8 Å². The number of likely N-dealkylation sites (tertiary alicyclic amines) is 1. The second-order valence-corrected chi connectivity index (χ2v) is 6.11. The predicted octanol–water partition coefficient (Wildman–Crippen LogP) is 3.48. The Balaban J connectivity index is 2.21. The van der Waals surface area contributed by atoms with Gasteiger partial charge in [0.1, 0.15) is 11.4 Å². The van der Waals surface area contributed by atoms with Crippen molar-refractivity contribution in [1.82, 2.24) is 4.90 Å². The van der Waals surface area contributed by atoms with Crippen molar-refractivity contribution in [3.63, 3.8) is 0 Å². The number of nitrogens with zero attached hydrogens (tertiary/aromatic N) is 1. The van der Waals surface area contributed by atoms with Crippen molar-refractivity contribution >= 4 is 11.8 Å². The molecule has 0 unspecified atom stereocenters. The summed E-state index contributed by atoms with van der Waals surface area (Å²) >= 11 is 0. The standard InChI is InChI=1S/C15H21FN2O2/c1-15(2,3)20-14(19)18-8-4-5-13(18)11-7-6-10(17)9-12(11)16/h6-7,9,13H,4-5,8,17H2,1-3H3/t13-/m1/s1. The number of amides is 1. The van der Waals surface area contributed by atoms with Crippen molar-refractivity contribution in [2.75, 3.05) is 12.3 Å². The first-order valence-corrected chi connectivity index (χ1v) is 6.82. The third-order valence-corrected chi connectivity index (χ3v) is 3.26. The van der Waals surface area contributed by atoms with E-state index in [2.05, 4.69) is 0 Å². The summed E-state index contributed by atoms with van der Waals surface area (Å²) in [7, 11) is 0. The molecule has 0 aromatic heterocycles. The highest BCUT2D eigenvalue weighted by Crippen LogP contribution is 2.34.